The van der Waals surface area contributed by atoms with Gasteiger partial charge in [-0.25, -0.2) is 4.39 Å². The number of carbonyl (C=O) groups excluding carboxylic acids is 2. The van der Waals surface area contributed by atoms with Crippen LogP contribution in [-0.4, -0.2) is 34.6 Å². The first-order chi connectivity index (χ1) is 17.9. The van der Waals surface area contributed by atoms with Crippen molar-refractivity contribution in [3.8, 4) is 0 Å². The van der Waals surface area contributed by atoms with Gasteiger partial charge in [0.15, 0.2) is 0 Å². The molecule has 0 radical (unpaired) electrons. The molecule has 0 saturated heterocycles. The van der Waals surface area contributed by atoms with E-state index in [1.54, 1.807) is 34.9 Å². The van der Waals surface area contributed by atoms with Crippen molar-refractivity contribution >= 4 is 35.2 Å². The van der Waals surface area contributed by atoms with Crippen LogP contribution in [0.4, 0.5) is 4.39 Å². The van der Waals surface area contributed by atoms with Crippen LogP contribution < -0.4 is 5.32 Å². The van der Waals surface area contributed by atoms with E-state index in [0.717, 1.165) is 22.6 Å². The van der Waals surface area contributed by atoms with E-state index in [1.807, 2.05) is 68.4 Å². The maximum Gasteiger partial charge on any atom is 0.243 e. The number of rotatable bonds is 13. The number of thioether (sulfide) groups is 1. The van der Waals surface area contributed by atoms with Crippen molar-refractivity contribution in [1.29, 1.82) is 0 Å². The molecule has 0 heterocycles. The summed E-state index contributed by atoms with van der Waals surface area (Å²) in [5, 5.41) is 3.72. The van der Waals surface area contributed by atoms with Crippen LogP contribution in [0, 0.1) is 5.82 Å². The molecule has 3 rings (SSSR count). The zero-order chi connectivity index (χ0) is 26.6. The fourth-order valence-corrected chi connectivity index (χ4v) is 4.87. The van der Waals surface area contributed by atoms with Crippen molar-refractivity contribution in [3.63, 3.8) is 0 Å². The Morgan fingerprint density at radius 3 is 2.35 bits per heavy atom. The van der Waals surface area contributed by atoms with Gasteiger partial charge in [0.2, 0.25) is 11.8 Å². The summed E-state index contributed by atoms with van der Waals surface area (Å²) in [5.41, 5.74) is 1.33. The Bertz CT molecular complexity index is 1140. The van der Waals surface area contributed by atoms with Crippen molar-refractivity contribution in [3.05, 3.63) is 101 Å². The quantitative estimate of drug-likeness (QED) is 0.189. The van der Waals surface area contributed by atoms with Gasteiger partial charge in [0.05, 0.1) is 0 Å². The molecule has 0 bridgehead atoms. The second-order valence-corrected chi connectivity index (χ2v) is 10.6. The second-order valence-electron chi connectivity index (χ2n) is 9.04. The molecular weight excluding hydrogens is 507 g/mol. The van der Waals surface area contributed by atoms with E-state index in [-0.39, 0.29) is 36.6 Å². The first kappa shape index (κ1) is 28.7. The van der Waals surface area contributed by atoms with Crippen LogP contribution in [0.15, 0.2) is 83.8 Å². The molecule has 0 aliphatic rings. The van der Waals surface area contributed by atoms with E-state index in [9.17, 15) is 14.0 Å². The highest BCUT2D eigenvalue weighted by Gasteiger charge is 2.31. The Labute approximate surface area is 228 Å². The number of hydrogen-bond acceptors (Lipinski definition) is 3. The zero-order valence-electron chi connectivity index (χ0n) is 21.3. The molecule has 196 valence electrons. The largest absolute Gasteiger partial charge is 0.352 e. The molecule has 37 heavy (non-hydrogen) atoms. The molecule has 0 spiro atoms. The highest BCUT2D eigenvalue weighted by molar-refractivity contribution is 7.99. The van der Waals surface area contributed by atoms with Gasteiger partial charge in [-0.05, 0) is 61.4 Å². The summed E-state index contributed by atoms with van der Waals surface area (Å²) in [6.45, 7) is 3.97. The Morgan fingerprint density at radius 1 is 1.00 bits per heavy atom. The lowest BCUT2D eigenvalue weighted by Gasteiger charge is -2.32. The first-order valence-electron chi connectivity index (χ1n) is 12.6. The van der Waals surface area contributed by atoms with E-state index in [0.29, 0.717) is 23.4 Å². The molecule has 0 aromatic heterocycles. The molecule has 2 unspecified atom stereocenters. The number of nitrogens with zero attached hydrogens (tertiary/aromatic N) is 1. The molecule has 0 aliphatic carbocycles. The third-order valence-corrected chi connectivity index (χ3v) is 7.54. The number of benzene rings is 3. The van der Waals surface area contributed by atoms with E-state index < -0.39 is 6.04 Å². The minimum Gasteiger partial charge on any atom is -0.352 e. The minimum atomic E-state index is -0.757. The van der Waals surface area contributed by atoms with Crippen molar-refractivity contribution in [1.82, 2.24) is 10.2 Å². The summed E-state index contributed by atoms with van der Waals surface area (Å²) in [6.07, 6.45) is 2.01. The average Bonchev–Trinajstić information content (AvgIpc) is 2.91. The molecule has 4 nitrogen and oxygen atoms in total. The maximum absolute atomic E-state index is 14.6. The SMILES string of the molecule is CCC(C)NC(=O)C(Cc1ccccc1)N(Cc1ccccc1F)C(=O)CCCSc1ccc(Cl)cc1. The second kappa shape index (κ2) is 14.8. The van der Waals surface area contributed by atoms with Gasteiger partial charge in [0.1, 0.15) is 11.9 Å². The molecule has 3 aromatic rings. The number of nitrogens with one attached hydrogen (secondary N) is 1. The molecule has 0 saturated carbocycles. The number of amides is 2. The number of hydrogen-bond donors (Lipinski definition) is 1. The maximum atomic E-state index is 14.6. The predicted molar refractivity (Wildman–Crippen MR) is 150 cm³/mol. The van der Waals surface area contributed by atoms with Gasteiger partial charge in [-0.3, -0.25) is 9.59 Å². The lowest BCUT2D eigenvalue weighted by molar-refractivity contribution is -0.141. The lowest BCUT2D eigenvalue weighted by atomic mass is 10.0. The Morgan fingerprint density at radius 2 is 1.68 bits per heavy atom. The zero-order valence-corrected chi connectivity index (χ0v) is 22.9. The third-order valence-electron chi connectivity index (χ3n) is 6.19. The van der Waals surface area contributed by atoms with E-state index >= 15 is 0 Å². The van der Waals surface area contributed by atoms with Gasteiger partial charge in [-0.2, -0.15) is 0 Å². The summed E-state index contributed by atoms with van der Waals surface area (Å²) in [4.78, 5) is 29.7. The van der Waals surface area contributed by atoms with Crippen LogP contribution in [0.3, 0.4) is 0 Å². The van der Waals surface area contributed by atoms with Gasteiger partial charge >= 0.3 is 0 Å². The highest BCUT2D eigenvalue weighted by atomic mass is 35.5. The average molecular weight is 541 g/mol. The molecule has 0 aliphatic heterocycles. The van der Waals surface area contributed by atoms with Gasteiger partial charge in [0, 0.05) is 40.9 Å². The van der Waals surface area contributed by atoms with E-state index in [2.05, 4.69) is 5.32 Å². The van der Waals surface area contributed by atoms with Crippen LogP contribution in [0.5, 0.6) is 0 Å². The predicted octanol–water partition coefficient (Wildman–Crippen LogP) is 6.91. The summed E-state index contributed by atoms with van der Waals surface area (Å²) >= 11 is 7.61. The van der Waals surface area contributed by atoms with E-state index in [4.69, 9.17) is 11.6 Å². The van der Waals surface area contributed by atoms with Crippen LogP contribution in [0.1, 0.15) is 44.2 Å². The highest BCUT2D eigenvalue weighted by Crippen LogP contribution is 2.23. The molecule has 7 heteroatoms. The fourth-order valence-electron chi connectivity index (χ4n) is 3.89. The molecule has 0 fully saturated rings. The van der Waals surface area contributed by atoms with Gasteiger partial charge in [0.25, 0.3) is 0 Å². The number of halogens is 2. The topological polar surface area (TPSA) is 49.4 Å². The molecule has 1 N–H and O–H groups in total. The standard InChI is InChI=1S/C30H34ClFN2O2S/c1-3-22(2)33-30(36)28(20-23-10-5-4-6-11-23)34(21-24-12-7-8-13-27(24)32)29(35)14-9-19-37-26-17-15-25(31)16-18-26/h4-8,10-13,15-18,22,28H,3,9,14,19-21H2,1-2H3,(H,33,36). The minimum absolute atomic E-state index is 0.0290. The van der Waals surface area contributed by atoms with Crippen molar-refractivity contribution < 1.29 is 14.0 Å². The van der Waals surface area contributed by atoms with E-state index in [1.165, 1.54) is 6.07 Å². The summed E-state index contributed by atoms with van der Waals surface area (Å²) in [5.74, 6) is -0.0402. The summed E-state index contributed by atoms with van der Waals surface area (Å²) in [7, 11) is 0. The van der Waals surface area contributed by atoms with Crippen molar-refractivity contribution in [2.75, 3.05) is 5.75 Å². The molecular formula is C30H34ClFN2O2S. The lowest BCUT2D eigenvalue weighted by Crippen LogP contribution is -2.52. The first-order valence-corrected chi connectivity index (χ1v) is 14.0. The Kier molecular flexibility index (Phi) is 11.5. The smallest absolute Gasteiger partial charge is 0.243 e. The van der Waals surface area contributed by atoms with Crippen molar-refractivity contribution in [2.24, 2.45) is 0 Å². The summed E-state index contributed by atoms with van der Waals surface area (Å²) < 4.78 is 14.6. The van der Waals surface area contributed by atoms with Crippen LogP contribution in [-0.2, 0) is 22.6 Å². The molecule has 2 amide bonds. The van der Waals surface area contributed by atoms with Gasteiger partial charge < -0.3 is 10.2 Å². The number of carbonyl (C=O) groups is 2. The van der Waals surface area contributed by atoms with Gasteiger partial charge in [-0.1, -0.05) is 67.1 Å². The molecule has 2 atom stereocenters. The van der Waals surface area contributed by atoms with Crippen LogP contribution in [0.2, 0.25) is 5.02 Å². The molecule has 3 aromatic carbocycles. The fraction of sp³-hybridized carbons (Fsp3) is 0.333. The Balaban J connectivity index is 1.80. The third kappa shape index (κ3) is 9.20. The van der Waals surface area contributed by atoms with Crippen LogP contribution in [0.25, 0.3) is 0 Å². The summed E-state index contributed by atoms with van der Waals surface area (Å²) in [6, 6.07) is 22.8. The van der Waals surface area contributed by atoms with Gasteiger partial charge in [-0.15, -0.1) is 11.8 Å². The van der Waals surface area contributed by atoms with Crippen LogP contribution >= 0.6 is 23.4 Å². The normalized spacial score (nSPS) is 12.5. The Hall–Kier alpha value is -2.83. The van der Waals surface area contributed by atoms with Crippen molar-refractivity contribution in [2.45, 2.75) is 63.1 Å². The monoisotopic (exact) mass is 540 g/mol.